The third-order valence-corrected chi connectivity index (χ3v) is 8.41. The topological polar surface area (TPSA) is 12.4 Å². The fraction of sp³-hybridized carbons (Fsp3) is 0.621. The minimum absolute atomic E-state index is 0.0881. The highest BCUT2D eigenvalue weighted by molar-refractivity contribution is 5.98. The predicted molar refractivity (Wildman–Crippen MR) is 136 cm³/mol. The summed E-state index contributed by atoms with van der Waals surface area (Å²) in [5.41, 5.74) is 10.1. The summed E-state index contributed by atoms with van der Waals surface area (Å²) in [7, 11) is 0. The Morgan fingerprint density at radius 2 is 1.37 bits per heavy atom. The van der Waals surface area contributed by atoms with Gasteiger partial charge in [-0.1, -0.05) is 86.6 Å². The summed E-state index contributed by atoms with van der Waals surface area (Å²) in [5.74, 6) is 0. The molecule has 1 aromatic rings. The third-order valence-electron chi connectivity index (χ3n) is 8.41. The van der Waals surface area contributed by atoms with Gasteiger partial charge >= 0.3 is 0 Å². The lowest BCUT2D eigenvalue weighted by atomic mass is 9.59. The number of allylic oxidation sites excluding steroid dienone is 4. The Labute approximate surface area is 186 Å². The average Bonchev–Trinajstić information content (AvgIpc) is 2.73. The van der Waals surface area contributed by atoms with E-state index >= 15 is 0 Å². The Morgan fingerprint density at radius 3 is 1.83 bits per heavy atom. The molecule has 0 radical (unpaired) electrons. The highest BCUT2D eigenvalue weighted by Gasteiger charge is 2.57. The lowest BCUT2D eigenvalue weighted by molar-refractivity contribution is 0.125. The van der Waals surface area contributed by atoms with Gasteiger partial charge in [-0.3, -0.25) is 4.99 Å². The Hall–Kier alpha value is -1.63. The standard InChI is InChI=1S/C29H45N/c1-14-30-21(4)19(2)15-16-20(3)22-17-24-25(18-23(22)26(5,6)7)28(10,11)29(12,13)27(24,8)9/h15-18H,14H2,1-13H3/b19-15+,20-16+,30-21?. The fourth-order valence-corrected chi connectivity index (χ4v) is 4.86. The number of hydrogen-bond acceptors (Lipinski definition) is 1. The first-order chi connectivity index (χ1) is 13.5. The fourth-order valence-electron chi connectivity index (χ4n) is 4.86. The van der Waals surface area contributed by atoms with Crippen molar-refractivity contribution in [2.75, 3.05) is 6.54 Å². The van der Waals surface area contributed by atoms with E-state index in [9.17, 15) is 0 Å². The molecule has 0 bridgehead atoms. The van der Waals surface area contributed by atoms with Crippen LogP contribution in [0.2, 0.25) is 0 Å². The van der Waals surface area contributed by atoms with Gasteiger partial charge in [-0.2, -0.15) is 0 Å². The van der Waals surface area contributed by atoms with E-state index in [0.717, 1.165) is 12.3 Å². The maximum absolute atomic E-state index is 4.55. The molecule has 0 saturated heterocycles. The summed E-state index contributed by atoms with van der Waals surface area (Å²) in [4.78, 5) is 4.55. The summed E-state index contributed by atoms with van der Waals surface area (Å²) in [6.07, 6.45) is 4.50. The van der Waals surface area contributed by atoms with Gasteiger partial charge in [0.05, 0.1) is 0 Å². The summed E-state index contributed by atoms with van der Waals surface area (Å²) < 4.78 is 0. The van der Waals surface area contributed by atoms with Crippen molar-refractivity contribution in [3.63, 3.8) is 0 Å². The molecule has 166 valence electrons. The van der Waals surface area contributed by atoms with Gasteiger partial charge in [0.1, 0.15) is 0 Å². The molecule has 1 heteroatoms. The molecule has 2 rings (SSSR count). The molecule has 1 nitrogen and oxygen atoms in total. The van der Waals surface area contributed by atoms with Crippen LogP contribution in [0.15, 0.2) is 34.9 Å². The second-order valence-electron chi connectivity index (χ2n) is 11.8. The summed E-state index contributed by atoms with van der Waals surface area (Å²) in [5, 5.41) is 0. The molecule has 1 aliphatic rings. The van der Waals surface area contributed by atoms with Crippen LogP contribution in [-0.2, 0) is 16.2 Å². The van der Waals surface area contributed by atoms with Crippen molar-refractivity contribution < 1.29 is 0 Å². The minimum atomic E-state index is 0.0881. The molecule has 0 amide bonds. The van der Waals surface area contributed by atoms with Crippen LogP contribution in [0.5, 0.6) is 0 Å². The maximum Gasteiger partial charge on any atom is 0.0364 e. The van der Waals surface area contributed by atoms with Crippen molar-refractivity contribution in [3.8, 4) is 0 Å². The van der Waals surface area contributed by atoms with E-state index in [2.05, 4.69) is 119 Å². The Bertz CT molecular complexity index is 908. The van der Waals surface area contributed by atoms with Gasteiger partial charge in [-0.25, -0.2) is 0 Å². The highest BCUT2D eigenvalue weighted by atomic mass is 14.7. The average molecular weight is 408 g/mol. The Balaban J connectivity index is 2.76. The number of fused-ring (bicyclic) bond motifs is 1. The highest BCUT2D eigenvalue weighted by Crippen LogP contribution is 2.62. The molecule has 0 saturated carbocycles. The Morgan fingerprint density at radius 1 is 0.867 bits per heavy atom. The van der Waals surface area contributed by atoms with E-state index in [-0.39, 0.29) is 21.7 Å². The lowest BCUT2D eigenvalue weighted by Gasteiger charge is -2.44. The van der Waals surface area contributed by atoms with Crippen LogP contribution in [-0.4, -0.2) is 12.3 Å². The van der Waals surface area contributed by atoms with Gasteiger partial charge in [0.25, 0.3) is 0 Å². The SMILES string of the molecule is CCN=C(C)/C(C)=C/C=C(\C)c1cc2c(cc1C(C)(C)C)C(C)(C)C(C)(C)C2(C)C. The molecule has 0 atom stereocenters. The second kappa shape index (κ2) is 7.81. The molecule has 0 heterocycles. The van der Waals surface area contributed by atoms with Crippen LogP contribution in [0, 0.1) is 5.41 Å². The molecule has 30 heavy (non-hydrogen) atoms. The number of nitrogens with zero attached hydrogens (tertiary/aromatic N) is 1. The lowest BCUT2D eigenvalue weighted by Crippen LogP contribution is -2.42. The first kappa shape index (κ1) is 24.6. The number of aliphatic imine (C=N–C) groups is 1. The van der Waals surface area contributed by atoms with Crippen molar-refractivity contribution >= 4 is 11.3 Å². The summed E-state index contributed by atoms with van der Waals surface area (Å²) >= 11 is 0. The van der Waals surface area contributed by atoms with Crippen LogP contribution in [0.25, 0.3) is 5.57 Å². The van der Waals surface area contributed by atoms with E-state index in [0.29, 0.717) is 0 Å². The molecule has 0 unspecified atom stereocenters. The van der Waals surface area contributed by atoms with Crippen LogP contribution in [0.1, 0.15) is 112 Å². The molecule has 1 aliphatic carbocycles. The molecule has 0 aromatic heterocycles. The maximum atomic E-state index is 4.55. The van der Waals surface area contributed by atoms with Crippen molar-refractivity contribution in [2.24, 2.45) is 10.4 Å². The van der Waals surface area contributed by atoms with Crippen LogP contribution in [0.4, 0.5) is 0 Å². The quantitative estimate of drug-likeness (QED) is 0.351. The largest absolute Gasteiger partial charge is 0.290 e. The van der Waals surface area contributed by atoms with Gasteiger partial charge < -0.3 is 0 Å². The molecule has 0 N–H and O–H groups in total. The van der Waals surface area contributed by atoms with Crippen molar-refractivity contribution in [1.29, 1.82) is 0 Å². The third kappa shape index (κ3) is 3.85. The number of rotatable bonds is 4. The number of benzene rings is 1. The van der Waals surface area contributed by atoms with Gasteiger partial charge in [0.2, 0.25) is 0 Å². The van der Waals surface area contributed by atoms with Gasteiger partial charge in [0.15, 0.2) is 0 Å². The normalized spacial score (nSPS) is 21.0. The summed E-state index contributed by atoms with van der Waals surface area (Å²) in [6.45, 7) is 31.0. The van der Waals surface area contributed by atoms with Crippen LogP contribution in [0.3, 0.4) is 0 Å². The van der Waals surface area contributed by atoms with E-state index in [1.165, 1.54) is 33.4 Å². The van der Waals surface area contributed by atoms with E-state index in [1.54, 1.807) is 0 Å². The zero-order valence-electron chi connectivity index (χ0n) is 22.0. The van der Waals surface area contributed by atoms with Crippen LogP contribution >= 0.6 is 0 Å². The number of hydrogen-bond donors (Lipinski definition) is 0. The van der Waals surface area contributed by atoms with Crippen molar-refractivity contribution in [2.45, 2.75) is 106 Å². The van der Waals surface area contributed by atoms with Gasteiger partial charge in [0, 0.05) is 12.3 Å². The monoisotopic (exact) mass is 407 g/mol. The van der Waals surface area contributed by atoms with Gasteiger partial charge in [-0.15, -0.1) is 0 Å². The summed E-state index contributed by atoms with van der Waals surface area (Å²) in [6, 6.07) is 5.04. The molecular weight excluding hydrogens is 362 g/mol. The zero-order valence-corrected chi connectivity index (χ0v) is 22.0. The zero-order chi connectivity index (χ0) is 23.3. The van der Waals surface area contributed by atoms with E-state index < -0.39 is 0 Å². The Kier molecular flexibility index (Phi) is 6.41. The molecule has 1 aromatic carbocycles. The first-order valence-corrected chi connectivity index (χ1v) is 11.6. The second-order valence-corrected chi connectivity index (χ2v) is 11.8. The van der Waals surface area contributed by atoms with Crippen molar-refractivity contribution in [1.82, 2.24) is 0 Å². The van der Waals surface area contributed by atoms with Crippen LogP contribution < -0.4 is 0 Å². The van der Waals surface area contributed by atoms with E-state index in [4.69, 9.17) is 0 Å². The predicted octanol–water partition coefficient (Wildman–Crippen LogP) is 8.41. The van der Waals surface area contributed by atoms with E-state index in [1.807, 2.05) is 0 Å². The molecule has 0 aliphatic heterocycles. The molecule has 0 spiro atoms. The first-order valence-electron chi connectivity index (χ1n) is 11.6. The smallest absolute Gasteiger partial charge is 0.0364 e. The van der Waals surface area contributed by atoms with Gasteiger partial charge in [-0.05, 0) is 82.8 Å². The minimum Gasteiger partial charge on any atom is -0.290 e. The van der Waals surface area contributed by atoms with Crippen molar-refractivity contribution in [3.05, 3.63) is 52.1 Å². The molecular formula is C29H45N. The molecule has 0 fully saturated rings.